The highest BCUT2D eigenvalue weighted by atomic mass is 19.1. The first-order valence-corrected chi connectivity index (χ1v) is 12.1. The first-order valence-electron chi connectivity index (χ1n) is 12.1. The van der Waals surface area contributed by atoms with E-state index in [1.807, 2.05) is 19.9 Å². The number of halogens is 1. The Morgan fingerprint density at radius 1 is 1.22 bits per heavy atom. The number of phenols is 1. The summed E-state index contributed by atoms with van der Waals surface area (Å²) in [4.78, 5) is 15.0. The first kappa shape index (κ1) is 25.6. The molecule has 0 atom stereocenters. The van der Waals surface area contributed by atoms with Crippen LogP contribution in [0.1, 0.15) is 48.4 Å². The van der Waals surface area contributed by atoms with Crippen LogP contribution in [0, 0.1) is 5.82 Å². The Balaban J connectivity index is 1.82. The molecular weight excluding hydrogens is 465 g/mol. The van der Waals surface area contributed by atoms with Crippen LogP contribution < -0.4 is 10.1 Å². The van der Waals surface area contributed by atoms with Gasteiger partial charge in [0.05, 0.1) is 31.6 Å². The fraction of sp³-hybridized carbons (Fsp3) is 0.423. The fourth-order valence-corrected chi connectivity index (χ4v) is 4.31. The highest BCUT2D eigenvalue weighted by molar-refractivity contribution is 5.92. The summed E-state index contributed by atoms with van der Waals surface area (Å²) in [5, 5.41) is 21.8. The van der Waals surface area contributed by atoms with E-state index in [0.717, 1.165) is 24.2 Å². The van der Waals surface area contributed by atoms with E-state index in [0.29, 0.717) is 37.6 Å². The maximum Gasteiger partial charge on any atom is 0.289 e. The second-order valence-electron chi connectivity index (χ2n) is 8.98. The van der Waals surface area contributed by atoms with Gasteiger partial charge in [0, 0.05) is 32.2 Å². The molecule has 1 aliphatic rings. The van der Waals surface area contributed by atoms with Crippen LogP contribution in [0.2, 0.25) is 0 Å². The Labute approximate surface area is 209 Å². The van der Waals surface area contributed by atoms with Crippen LogP contribution in [-0.2, 0) is 11.3 Å². The topological polar surface area (TPSA) is 102 Å². The molecule has 1 aromatic heterocycles. The minimum absolute atomic E-state index is 0.0759. The molecule has 0 aliphatic carbocycles. The number of aromatic nitrogens is 3. The lowest BCUT2D eigenvalue weighted by atomic mass is 9.98. The van der Waals surface area contributed by atoms with Crippen LogP contribution in [0.5, 0.6) is 11.5 Å². The first-order chi connectivity index (χ1) is 17.3. The number of hydrogen-bond acceptors (Lipinski definition) is 7. The van der Waals surface area contributed by atoms with Crippen molar-refractivity contribution >= 4 is 5.91 Å². The summed E-state index contributed by atoms with van der Waals surface area (Å²) in [5.41, 5.74) is 2.07. The highest BCUT2D eigenvalue weighted by Crippen LogP contribution is 2.39. The van der Waals surface area contributed by atoms with Gasteiger partial charge in [-0.05, 0) is 42.2 Å². The van der Waals surface area contributed by atoms with Gasteiger partial charge >= 0.3 is 0 Å². The van der Waals surface area contributed by atoms with Gasteiger partial charge in [0.15, 0.2) is 5.82 Å². The molecule has 1 aliphatic heterocycles. The van der Waals surface area contributed by atoms with Crippen molar-refractivity contribution in [1.29, 1.82) is 0 Å². The molecule has 1 fully saturated rings. The largest absolute Gasteiger partial charge is 0.507 e. The summed E-state index contributed by atoms with van der Waals surface area (Å²) in [7, 11) is 1.53. The standard InChI is InChI=1S/C26H32FN5O4/c1-5-28-26(34)25-30-29-24(19-13-18(16(2)3)23(35-4)14-22(19)33)32(25)21-7-6-17(12-20(21)27)15-31-8-10-36-11-9-31/h6-7,12-14,16,33H,5,8-11,15H2,1-4H3,(H,28,34). The average Bonchev–Trinajstić information content (AvgIpc) is 3.29. The number of nitrogens with zero attached hydrogens (tertiary/aromatic N) is 4. The Morgan fingerprint density at radius 2 is 1.97 bits per heavy atom. The quantitative estimate of drug-likeness (QED) is 0.491. The van der Waals surface area contributed by atoms with Crippen molar-refractivity contribution in [1.82, 2.24) is 25.0 Å². The Morgan fingerprint density at radius 3 is 2.61 bits per heavy atom. The molecule has 9 nitrogen and oxygen atoms in total. The number of amides is 1. The monoisotopic (exact) mass is 497 g/mol. The van der Waals surface area contributed by atoms with E-state index in [4.69, 9.17) is 9.47 Å². The van der Waals surface area contributed by atoms with Gasteiger partial charge in [0.2, 0.25) is 5.82 Å². The van der Waals surface area contributed by atoms with E-state index in [1.165, 1.54) is 23.8 Å². The van der Waals surface area contributed by atoms with E-state index in [-0.39, 0.29) is 29.0 Å². The van der Waals surface area contributed by atoms with Crippen molar-refractivity contribution in [2.45, 2.75) is 33.2 Å². The lowest BCUT2D eigenvalue weighted by molar-refractivity contribution is 0.0341. The van der Waals surface area contributed by atoms with E-state index in [9.17, 15) is 9.90 Å². The molecule has 0 spiro atoms. The molecule has 1 saturated heterocycles. The third kappa shape index (κ3) is 5.19. The zero-order chi connectivity index (χ0) is 25.8. The fourth-order valence-electron chi connectivity index (χ4n) is 4.31. The van der Waals surface area contributed by atoms with Gasteiger partial charge in [0.1, 0.15) is 17.3 Å². The lowest BCUT2D eigenvalue weighted by Gasteiger charge is -2.26. The second kappa shape index (κ2) is 11.0. The molecule has 10 heteroatoms. The van der Waals surface area contributed by atoms with Crippen molar-refractivity contribution < 1.29 is 23.8 Å². The summed E-state index contributed by atoms with van der Waals surface area (Å²) >= 11 is 0. The summed E-state index contributed by atoms with van der Waals surface area (Å²) in [6.07, 6.45) is 0. The van der Waals surface area contributed by atoms with Gasteiger partial charge in [-0.2, -0.15) is 0 Å². The average molecular weight is 498 g/mol. The molecule has 0 radical (unpaired) electrons. The van der Waals surface area contributed by atoms with Crippen LogP contribution in [0.4, 0.5) is 4.39 Å². The van der Waals surface area contributed by atoms with Gasteiger partial charge in [-0.3, -0.25) is 14.3 Å². The van der Waals surface area contributed by atoms with Crippen LogP contribution in [0.25, 0.3) is 17.1 Å². The van der Waals surface area contributed by atoms with Crippen LogP contribution >= 0.6 is 0 Å². The van der Waals surface area contributed by atoms with Gasteiger partial charge in [-0.1, -0.05) is 19.9 Å². The number of hydrogen-bond donors (Lipinski definition) is 2. The number of carbonyl (C=O) groups excluding carboxylic acids is 1. The second-order valence-corrected chi connectivity index (χ2v) is 8.98. The molecule has 192 valence electrons. The number of rotatable bonds is 8. The Bertz CT molecular complexity index is 1240. The predicted molar refractivity (Wildman–Crippen MR) is 133 cm³/mol. The molecule has 0 saturated carbocycles. The predicted octanol–water partition coefficient (Wildman–Crippen LogP) is 3.49. The van der Waals surface area contributed by atoms with Crippen LogP contribution in [0.3, 0.4) is 0 Å². The highest BCUT2D eigenvalue weighted by Gasteiger charge is 2.26. The molecule has 3 aromatic rings. The maximum atomic E-state index is 15.6. The van der Waals surface area contributed by atoms with E-state index in [2.05, 4.69) is 20.4 Å². The Kier molecular flexibility index (Phi) is 7.85. The van der Waals surface area contributed by atoms with E-state index in [1.54, 1.807) is 19.1 Å². The van der Waals surface area contributed by atoms with E-state index < -0.39 is 11.7 Å². The number of benzene rings is 2. The number of morpholine rings is 1. The van der Waals surface area contributed by atoms with Crippen molar-refractivity contribution in [3.05, 3.63) is 53.1 Å². The molecule has 2 N–H and O–H groups in total. The number of aromatic hydroxyl groups is 1. The van der Waals surface area contributed by atoms with Crippen molar-refractivity contribution in [3.8, 4) is 28.6 Å². The summed E-state index contributed by atoms with van der Waals surface area (Å²) in [6, 6.07) is 8.14. The molecule has 0 bridgehead atoms. The minimum Gasteiger partial charge on any atom is -0.507 e. The SMILES string of the molecule is CCNC(=O)c1nnc(-c2cc(C(C)C)c(OC)cc2O)n1-c1ccc(CN2CCOCC2)cc1F. The van der Waals surface area contributed by atoms with Gasteiger partial charge in [0.25, 0.3) is 5.91 Å². The van der Waals surface area contributed by atoms with Crippen molar-refractivity contribution in [2.24, 2.45) is 0 Å². The van der Waals surface area contributed by atoms with Gasteiger partial charge in [-0.15, -0.1) is 10.2 Å². The number of ether oxygens (including phenoxy) is 2. The lowest BCUT2D eigenvalue weighted by Crippen LogP contribution is -2.35. The maximum absolute atomic E-state index is 15.6. The zero-order valence-corrected chi connectivity index (χ0v) is 21.0. The minimum atomic E-state index is -0.524. The number of nitrogens with one attached hydrogen (secondary N) is 1. The summed E-state index contributed by atoms with van der Waals surface area (Å²) < 4.78 is 27.7. The summed E-state index contributed by atoms with van der Waals surface area (Å²) in [6.45, 7) is 9.62. The molecule has 2 aromatic carbocycles. The Hall–Kier alpha value is -3.50. The number of phenolic OH excluding ortho intramolecular Hbond substituents is 1. The van der Waals surface area contributed by atoms with Gasteiger partial charge < -0.3 is 19.9 Å². The molecule has 1 amide bonds. The van der Waals surface area contributed by atoms with E-state index >= 15 is 4.39 Å². The summed E-state index contributed by atoms with van der Waals surface area (Å²) in [5.74, 6) is -0.452. The third-order valence-electron chi connectivity index (χ3n) is 6.18. The molecule has 0 unspecified atom stereocenters. The van der Waals surface area contributed by atoms with Crippen LogP contribution in [-0.4, -0.2) is 70.6 Å². The van der Waals surface area contributed by atoms with Crippen molar-refractivity contribution in [2.75, 3.05) is 40.0 Å². The smallest absolute Gasteiger partial charge is 0.289 e. The van der Waals surface area contributed by atoms with Crippen LogP contribution in [0.15, 0.2) is 30.3 Å². The molecule has 4 rings (SSSR count). The van der Waals surface area contributed by atoms with Crippen molar-refractivity contribution in [3.63, 3.8) is 0 Å². The normalized spacial score (nSPS) is 14.3. The number of carbonyl (C=O) groups is 1. The third-order valence-corrected chi connectivity index (χ3v) is 6.18. The molecular formula is C26H32FN5O4. The van der Waals surface area contributed by atoms with Gasteiger partial charge in [-0.25, -0.2) is 4.39 Å². The molecule has 2 heterocycles. The number of methoxy groups -OCH3 is 1. The zero-order valence-electron chi connectivity index (χ0n) is 21.0. The molecule has 36 heavy (non-hydrogen) atoms.